The van der Waals surface area contributed by atoms with Crippen molar-refractivity contribution in [3.8, 4) is 0 Å². The summed E-state index contributed by atoms with van der Waals surface area (Å²) in [5.74, 6) is -0.215. The molecule has 2 aliphatic rings. The molecular formula is C19H35N3O7S. The van der Waals surface area contributed by atoms with Crippen molar-refractivity contribution in [2.24, 2.45) is 0 Å². The fraction of sp³-hybridized carbons (Fsp3) is 0.895. The molecule has 2 fully saturated rings. The van der Waals surface area contributed by atoms with E-state index in [0.29, 0.717) is 19.8 Å². The lowest BCUT2D eigenvalue weighted by Crippen LogP contribution is -2.63. The molecule has 2 aliphatic heterocycles. The maximum Gasteiger partial charge on any atom is 0.410 e. The summed E-state index contributed by atoms with van der Waals surface area (Å²) in [6, 6.07) is 0. The Labute approximate surface area is 179 Å². The Hall–Kier alpha value is -1.43. The van der Waals surface area contributed by atoms with Crippen molar-refractivity contribution in [2.45, 2.75) is 51.6 Å². The van der Waals surface area contributed by atoms with Gasteiger partial charge in [0.1, 0.15) is 17.0 Å². The van der Waals surface area contributed by atoms with E-state index in [0.717, 1.165) is 0 Å². The summed E-state index contributed by atoms with van der Waals surface area (Å²) in [7, 11) is -3.53. The van der Waals surface area contributed by atoms with Gasteiger partial charge in [0, 0.05) is 45.9 Å². The van der Waals surface area contributed by atoms with Gasteiger partial charge in [-0.2, -0.15) is 4.31 Å². The van der Waals surface area contributed by atoms with Gasteiger partial charge in [0.05, 0.1) is 13.2 Å². The average molecular weight is 450 g/mol. The smallest absolute Gasteiger partial charge is 0.410 e. The van der Waals surface area contributed by atoms with Crippen LogP contribution in [0.1, 0.15) is 34.6 Å². The van der Waals surface area contributed by atoms with Gasteiger partial charge in [0.15, 0.2) is 0 Å². The molecule has 10 nitrogen and oxygen atoms in total. The molecule has 1 atom stereocenters. The van der Waals surface area contributed by atoms with E-state index in [4.69, 9.17) is 14.2 Å². The summed E-state index contributed by atoms with van der Waals surface area (Å²) in [6.07, 6.45) is -1.07. The number of carbonyl (C=O) groups is 2. The van der Waals surface area contributed by atoms with Gasteiger partial charge in [-0.1, -0.05) is 0 Å². The van der Waals surface area contributed by atoms with Gasteiger partial charge >= 0.3 is 6.09 Å². The maximum atomic E-state index is 12.9. The van der Waals surface area contributed by atoms with Crippen LogP contribution in [0.5, 0.6) is 0 Å². The molecule has 0 aliphatic carbocycles. The van der Waals surface area contributed by atoms with E-state index in [1.807, 2.05) is 6.92 Å². The monoisotopic (exact) mass is 449 g/mol. The minimum Gasteiger partial charge on any atom is -0.444 e. The topological polar surface area (TPSA) is 106 Å². The summed E-state index contributed by atoms with van der Waals surface area (Å²) in [5, 5.41) is -0.620. The van der Waals surface area contributed by atoms with Crippen molar-refractivity contribution in [2.75, 3.05) is 59.1 Å². The molecule has 174 valence electrons. The van der Waals surface area contributed by atoms with E-state index < -0.39 is 33.1 Å². The molecule has 0 spiro atoms. The van der Waals surface area contributed by atoms with Crippen LogP contribution in [-0.4, -0.2) is 111 Å². The van der Waals surface area contributed by atoms with Crippen LogP contribution >= 0.6 is 0 Å². The van der Waals surface area contributed by atoms with Gasteiger partial charge in [-0.05, 0) is 34.6 Å². The third-order valence-electron chi connectivity index (χ3n) is 4.98. The van der Waals surface area contributed by atoms with Crippen LogP contribution in [0, 0.1) is 0 Å². The largest absolute Gasteiger partial charge is 0.444 e. The minimum absolute atomic E-state index is 0.159. The van der Waals surface area contributed by atoms with Crippen molar-refractivity contribution in [1.29, 1.82) is 0 Å². The standard InChI is InChI=1S/C19H35N3O7S/c1-6-27-11-12-28-15(2)17(23)21-13-16(14-21)30(25,26)22-9-7-20(8-10-22)18(24)29-19(3,4)5/h15-16H,6-14H2,1-5H3/t15-/m1/s1. The van der Waals surface area contributed by atoms with E-state index in [2.05, 4.69) is 0 Å². The molecule has 0 radical (unpaired) electrons. The molecule has 0 saturated carbocycles. The third kappa shape index (κ3) is 6.53. The molecule has 2 amide bonds. The second kappa shape index (κ2) is 10.3. The first-order chi connectivity index (χ1) is 14.0. The Bertz CT molecular complexity index is 693. The summed E-state index contributed by atoms with van der Waals surface area (Å²) in [6.45, 7) is 11.6. The van der Waals surface area contributed by atoms with Crippen molar-refractivity contribution in [1.82, 2.24) is 14.1 Å². The van der Waals surface area contributed by atoms with Crippen molar-refractivity contribution in [3.05, 3.63) is 0 Å². The van der Waals surface area contributed by atoms with Crippen LogP contribution < -0.4 is 0 Å². The molecule has 0 aromatic rings. The van der Waals surface area contributed by atoms with E-state index in [1.165, 1.54) is 14.1 Å². The summed E-state index contributed by atoms with van der Waals surface area (Å²) >= 11 is 0. The highest BCUT2D eigenvalue weighted by Crippen LogP contribution is 2.23. The summed E-state index contributed by atoms with van der Waals surface area (Å²) in [5.41, 5.74) is -0.591. The zero-order chi connectivity index (χ0) is 22.5. The van der Waals surface area contributed by atoms with Crippen LogP contribution in [0.25, 0.3) is 0 Å². The number of ether oxygens (including phenoxy) is 3. The number of hydrogen-bond donors (Lipinski definition) is 0. The molecular weight excluding hydrogens is 414 g/mol. The molecule has 0 aromatic carbocycles. The van der Waals surface area contributed by atoms with Crippen LogP contribution in [0.15, 0.2) is 0 Å². The lowest BCUT2D eigenvalue weighted by Gasteiger charge is -2.43. The number of nitrogens with zero attached hydrogens (tertiary/aromatic N) is 3. The second-order valence-corrected chi connectivity index (χ2v) is 10.7. The highest BCUT2D eigenvalue weighted by Gasteiger charge is 2.44. The lowest BCUT2D eigenvalue weighted by atomic mass is 10.2. The molecule has 2 saturated heterocycles. The number of likely N-dealkylation sites (tertiary alicyclic amines) is 1. The van der Waals surface area contributed by atoms with Crippen molar-refractivity contribution >= 4 is 22.0 Å². The Morgan fingerprint density at radius 1 is 1.03 bits per heavy atom. The Morgan fingerprint density at radius 2 is 1.63 bits per heavy atom. The maximum absolute atomic E-state index is 12.9. The lowest BCUT2D eigenvalue weighted by molar-refractivity contribution is -0.146. The zero-order valence-corrected chi connectivity index (χ0v) is 19.4. The average Bonchev–Trinajstić information content (AvgIpc) is 2.62. The Morgan fingerprint density at radius 3 is 2.17 bits per heavy atom. The predicted octanol–water partition coefficient (Wildman–Crippen LogP) is 0.521. The van der Waals surface area contributed by atoms with E-state index >= 15 is 0 Å². The Balaban J connectivity index is 1.78. The molecule has 0 aromatic heterocycles. The SMILES string of the molecule is CCOCCO[C@H](C)C(=O)N1CC(S(=O)(=O)N2CCN(C(=O)OC(C)(C)C)CC2)C1. The first-order valence-electron chi connectivity index (χ1n) is 10.4. The molecule has 0 bridgehead atoms. The minimum atomic E-state index is -3.53. The zero-order valence-electron chi connectivity index (χ0n) is 18.6. The highest BCUT2D eigenvalue weighted by molar-refractivity contribution is 7.89. The first-order valence-corrected chi connectivity index (χ1v) is 11.9. The normalized spacial score (nSPS) is 20.0. The molecule has 11 heteroatoms. The molecule has 2 rings (SSSR count). The predicted molar refractivity (Wildman–Crippen MR) is 111 cm³/mol. The van der Waals surface area contributed by atoms with Crippen molar-refractivity contribution in [3.63, 3.8) is 0 Å². The van der Waals surface area contributed by atoms with Gasteiger partial charge in [0.25, 0.3) is 5.91 Å². The molecule has 2 heterocycles. The fourth-order valence-corrected chi connectivity index (χ4v) is 5.06. The third-order valence-corrected chi connectivity index (χ3v) is 7.20. The van der Waals surface area contributed by atoms with E-state index in [-0.39, 0.29) is 45.2 Å². The van der Waals surface area contributed by atoms with Crippen LogP contribution in [-0.2, 0) is 29.0 Å². The van der Waals surface area contributed by atoms with Crippen molar-refractivity contribution < 1.29 is 32.2 Å². The highest BCUT2D eigenvalue weighted by atomic mass is 32.2. The molecule has 0 unspecified atom stereocenters. The van der Waals surface area contributed by atoms with E-state index in [9.17, 15) is 18.0 Å². The summed E-state index contributed by atoms with van der Waals surface area (Å²) < 4.78 is 43.1. The number of sulfonamides is 1. The molecule has 0 N–H and O–H groups in total. The summed E-state index contributed by atoms with van der Waals surface area (Å²) in [4.78, 5) is 27.5. The van der Waals surface area contributed by atoms with E-state index in [1.54, 1.807) is 27.7 Å². The van der Waals surface area contributed by atoms with Crippen LogP contribution in [0.4, 0.5) is 4.79 Å². The van der Waals surface area contributed by atoms with Gasteiger partial charge < -0.3 is 24.0 Å². The number of amides is 2. The van der Waals surface area contributed by atoms with Gasteiger partial charge in [-0.3, -0.25) is 4.79 Å². The number of piperazine rings is 1. The van der Waals surface area contributed by atoms with Gasteiger partial charge in [-0.25, -0.2) is 13.2 Å². The quantitative estimate of drug-likeness (QED) is 0.498. The fourth-order valence-electron chi connectivity index (χ4n) is 3.23. The first kappa shape index (κ1) is 24.8. The Kier molecular flexibility index (Phi) is 8.49. The van der Waals surface area contributed by atoms with Crippen LogP contribution in [0.3, 0.4) is 0 Å². The number of carbonyl (C=O) groups excluding carboxylic acids is 2. The molecule has 30 heavy (non-hydrogen) atoms. The van der Waals surface area contributed by atoms with Gasteiger partial charge in [0.2, 0.25) is 10.0 Å². The second-order valence-electron chi connectivity index (χ2n) is 8.49. The van der Waals surface area contributed by atoms with Crippen LogP contribution in [0.2, 0.25) is 0 Å². The number of rotatable bonds is 8. The van der Waals surface area contributed by atoms with Gasteiger partial charge in [-0.15, -0.1) is 0 Å². The number of hydrogen-bond acceptors (Lipinski definition) is 7.